The largest absolute Gasteiger partial charge is 0.358 e. The molecule has 1 aromatic rings. The minimum atomic E-state index is -0.271. The SMILES string of the molecule is CCNc1nc(C)cc(NC(C)C(=O)N2CCCCC2)n1. The van der Waals surface area contributed by atoms with Gasteiger partial charge in [0.15, 0.2) is 0 Å². The molecule has 1 aromatic heterocycles. The lowest BCUT2D eigenvalue weighted by atomic mass is 10.1. The summed E-state index contributed by atoms with van der Waals surface area (Å²) < 4.78 is 0. The summed E-state index contributed by atoms with van der Waals surface area (Å²) in [5.41, 5.74) is 0.876. The number of hydrogen-bond donors (Lipinski definition) is 2. The first-order valence-corrected chi connectivity index (χ1v) is 7.75. The topological polar surface area (TPSA) is 70.2 Å². The van der Waals surface area contributed by atoms with E-state index in [0.29, 0.717) is 11.8 Å². The van der Waals surface area contributed by atoms with Gasteiger partial charge in [0.25, 0.3) is 0 Å². The number of piperidine rings is 1. The monoisotopic (exact) mass is 291 g/mol. The number of carbonyl (C=O) groups is 1. The zero-order chi connectivity index (χ0) is 15.2. The van der Waals surface area contributed by atoms with Crippen molar-refractivity contribution in [2.45, 2.75) is 46.1 Å². The smallest absolute Gasteiger partial charge is 0.244 e. The molecule has 2 rings (SSSR count). The number of aromatic nitrogens is 2. The summed E-state index contributed by atoms with van der Waals surface area (Å²) in [6.07, 6.45) is 3.44. The fraction of sp³-hybridized carbons (Fsp3) is 0.667. The summed E-state index contributed by atoms with van der Waals surface area (Å²) in [7, 11) is 0. The van der Waals surface area contributed by atoms with Crippen LogP contribution in [0.3, 0.4) is 0 Å². The van der Waals surface area contributed by atoms with Crippen LogP contribution in [-0.2, 0) is 4.79 Å². The van der Waals surface area contributed by atoms with Gasteiger partial charge in [-0.15, -0.1) is 0 Å². The van der Waals surface area contributed by atoms with Gasteiger partial charge in [0, 0.05) is 31.4 Å². The number of anilines is 2. The van der Waals surface area contributed by atoms with E-state index in [1.165, 1.54) is 6.42 Å². The fourth-order valence-corrected chi connectivity index (χ4v) is 2.55. The van der Waals surface area contributed by atoms with Crippen molar-refractivity contribution in [3.05, 3.63) is 11.8 Å². The summed E-state index contributed by atoms with van der Waals surface area (Å²) in [6.45, 7) is 8.32. The number of aryl methyl sites for hydroxylation is 1. The number of carbonyl (C=O) groups excluding carboxylic acids is 1. The Morgan fingerprint density at radius 1 is 1.33 bits per heavy atom. The molecule has 1 fully saturated rings. The molecule has 2 heterocycles. The number of amides is 1. The van der Waals surface area contributed by atoms with E-state index in [2.05, 4.69) is 20.6 Å². The second-order valence-electron chi connectivity index (χ2n) is 5.50. The minimum Gasteiger partial charge on any atom is -0.358 e. The van der Waals surface area contributed by atoms with Crippen LogP contribution >= 0.6 is 0 Å². The lowest BCUT2D eigenvalue weighted by Crippen LogP contribution is -2.44. The molecule has 0 bridgehead atoms. The van der Waals surface area contributed by atoms with Gasteiger partial charge in [-0.25, -0.2) is 4.98 Å². The van der Waals surface area contributed by atoms with Gasteiger partial charge in [0.1, 0.15) is 11.9 Å². The van der Waals surface area contributed by atoms with Gasteiger partial charge in [-0.1, -0.05) is 0 Å². The molecule has 0 aliphatic carbocycles. The molecule has 0 saturated carbocycles. The molecule has 1 unspecified atom stereocenters. The Labute approximate surface area is 126 Å². The summed E-state index contributed by atoms with van der Waals surface area (Å²) in [4.78, 5) is 23.0. The Morgan fingerprint density at radius 3 is 2.71 bits per heavy atom. The van der Waals surface area contributed by atoms with Crippen LogP contribution in [0.4, 0.5) is 11.8 Å². The van der Waals surface area contributed by atoms with Crippen LogP contribution in [0.5, 0.6) is 0 Å². The summed E-state index contributed by atoms with van der Waals surface area (Å²) >= 11 is 0. The zero-order valence-electron chi connectivity index (χ0n) is 13.1. The van der Waals surface area contributed by atoms with Gasteiger partial charge in [-0.05, 0) is 40.0 Å². The van der Waals surface area contributed by atoms with E-state index in [1.807, 2.05) is 31.7 Å². The number of likely N-dealkylation sites (tertiary alicyclic amines) is 1. The third-order valence-corrected chi connectivity index (χ3v) is 3.59. The molecule has 1 saturated heterocycles. The normalized spacial score (nSPS) is 16.4. The Bertz CT molecular complexity index is 485. The highest BCUT2D eigenvalue weighted by molar-refractivity contribution is 5.84. The van der Waals surface area contributed by atoms with E-state index < -0.39 is 0 Å². The molecule has 0 radical (unpaired) electrons. The van der Waals surface area contributed by atoms with Gasteiger partial charge >= 0.3 is 0 Å². The Kier molecular flexibility index (Phi) is 5.36. The average Bonchev–Trinajstić information content (AvgIpc) is 2.47. The molecule has 6 heteroatoms. The first-order chi connectivity index (χ1) is 10.1. The quantitative estimate of drug-likeness (QED) is 0.868. The van der Waals surface area contributed by atoms with Crippen molar-refractivity contribution in [1.82, 2.24) is 14.9 Å². The van der Waals surface area contributed by atoms with E-state index in [-0.39, 0.29) is 11.9 Å². The maximum absolute atomic E-state index is 12.4. The third kappa shape index (κ3) is 4.31. The second-order valence-corrected chi connectivity index (χ2v) is 5.50. The van der Waals surface area contributed by atoms with E-state index >= 15 is 0 Å². The Morgan fingerprint density at radius 2 is 2.05 bits per heavy atom. The van der Waals surface area contributed by atoms with Crippen molar-refractivity contribution < 1.29 is 4.79 Å². The van der Waals surface area contributed by atoms with E-state index in [0.717, 1.165) is 38.2 Å². The van der Waals surface area contributed by atoms with Crippen LogP contribution in [0, 0.1) is 6.92 Å². The maximum atomic E-state index is 12.4. The van der Waals surface area contributed by atoms with Crippen molar-refractivity contribution in [3.8, 4) is 0 Å². The van der Waals surface area contributed by atoms with Gasteiger partial charge < -0.3 is 15.5 Å². The predicted octanol–water partition coefficient (Wildman–Crippen LogP) is 2.03. The highest BCUT2D eigenvalue weighted by Crippen LogP contribution is 2.14. The molecule has 6 nitrogen and oxygen atoms in total. The molecule has 2 N–H and O–H groups in total. The van der Waals surface area contributed by atoms with Crippen molar-refractivity contribution in [3.63, 3.8) is 0 Å². The second kappa shape index (κ2) is 7.24. The van der Waals surface area contributed by atoms with Crippen LogP contribution in [0.2, 0.25) is 0 Å². The molecule has 1 amide bonds. The highest BCUT2D eigenvalue weighted by atomic mass is 16.2. The van der Waals surface area contributed by atoms with E-state index in [1.54, 1.807) is 0 Å². The molecule has 116 valence electrons. The standard InChI is InChI=1S/C15H25N5O/c1-4-16-15-17-11(2)10-13(19-15)18-12(3)14(21)20-8-6-5-7-9-20/h10,12H,4-9H2,1-3H3,(H2,16,17,18,19). The first kappa shape index (κ1) is 15.5. The van der Waals surface area contributed by atoms with Crippen molar-refractivity contribution in [1.29, 1.82) is 0 Å². The summed E-state index contributed by atoms with van der Waals surface area (Å²) in [5, 5.41) is 6.29. The van der Waals surface area contributed by atoms with Crippen molar-refractivity contribution >= 4 is 17.7 Å². The summed E-state index contributed by atoms with van der Waals surface area (Å²) in [6, 6.07) is 1.59. The van der Waals surface area contributed by atoms with E-state index in [4.69, 9.17) is 0 Å². The lowest BCUT2D eigenvalue weighted by Gasteiger charge is -2.29. The van der Waals surface area contributed by atoms with Crippen LogP contribution < -0.4 is 10.6 Å². The van der Waals surface area contributed by atoms with Gasteiger partial charge in [0.2, 0.25) is 11.9 Å². The molecule has 1 aliphatic rings. The van der Waals surface area contributed by atoms with Crippen LogP contribution in [0.1, 0.15) is 38.8 Å². The zero-order valence-corrected chi connectivity index (χ0v) is 13.1. The van der Waals surface area contributed by atoms with Crippen LogP contribution in [0.15, 0.2) is 6.07 Å². The number of nitrogens with zero attached hydrogens (tertiary/aromatic N) is 3. The highest BCUT2D eigenvalue weighted by Gasteiger charge is 2.22. The van der Waals surface area contributed by atoms with Gasteiger partial charge in [-0.3, -0.25) is 4.79 Å². The van der Waals surface area contributed by atoms with Crippen molar-refractivity contribution in [2.24, 2.45) is 0 Å². The van der Waals surface area contributed by atoms with Gasteiger partial charge in [0.05, 0.1) is 0 Å². The summed E-state index contributed by atoms with van der Waals surface area (Å²) in [5.74, 6) is 1.44. The molecular formula is C15H25N5O. The number of hydrogen-bond acceptors (Lipinski definition) is 5. The van der Waals surface area contributed by atoms with Gasteiger partial charge in [-0.2, -0.15) is 4.98 Å². The average molecular weight is 291 g/mol. The van der Waals surface area contributed by atoms with E-state index in [9.17, 15) is 4.79 Å². The van der Waals surface area contributed by atoms with Crippen LogP contribution in [0.25, 0.3) is 0 Å². The fourth-order valence-electron chi connectivity index (χ4n) is 2.55. The third-order valence-electron chi connectivity index (χ3n) is 3.59. The Hall–Kier alpha value is -1.85. The van der Waals surface area contributed by atoms with Crippen LogP contribution in [-0.4, -0.2) is 46.5 Å². The Balaban J connectivity index is 2.01. The lowest BCUT2D eigenvalue weighted by molar-refractivity contribution is -0.132. The minimum absolute atomic E-state index is 0.149. The van der Waals surface area contributed by atoms with Crippen molar-refractivity contribution in [2.75, 3.05) is 30.3 Å². The number of rotatable bonds is 5. The molecule has 0 spiro atoms. The first-order valence-electron chi connectivity index (χ1n) is 7.75. The molecule has 0 aromatic carbocycles. The molecule has 1 atom stereocenters. The maximum Gasteiger partial charge on any atom is 0.244 e. The number of nitrogens with one attached hydrogen (secondary N) is 2. The molecular weight excluding hydrogens is 266 g/mol. The molecule has 1 aliphatic heterocycles. The molecule has 21 heavy (non-hydrogen) atoms. The predicted molar refractivity (Wildman–Crippen MR) is 84.4 cm³/mol.